The molecule has 0 bridgehead atoms. The number of nitrogens with two attached hydrogens (primary N) is 1. The average molecular weight is 209 g/mol. The SMILES string of the molecule is CN(C)C(c1ccccn1)C(N)C(=O)O. The van der Waals surface area contributed by atoms with Crippen molar-refractivity contribution in [3.05, 3.63) is 30.1 Å². The van der Waals surface area contributed by atoms with Crippen molar-refractivity contribution in [2.24, 2.45) is 5.73 Å². The van der Waals surface area contributed by atoms with Gasteiger partial charge in [-0.3, -0.25) is 14.7 Å². The molecule has 0 saturated carbocycles. The van der Waals surface area contributed by atoms with Crippen molar-refractivity contribution >= 4 is 5.97 Å². The molecule has 15 heavy (non-hydrogen) atoms. The molecule has 0 spiro atoms. The fourth-order valence-electron chi connectivity index (χ4n) is 1.46. The second kappa shape index (κ2) is 4.86. The van der Waals surface area contributed by atoms with Crippen LogP contribution in [0.1, 0.15) is 11.7 Å². The van der Waals surface area contributed by atoms with Crippen molar-refractivity contribution in [2.45, 2.75) is 12.1 Å². The van der Waals surface area contributed by atoms with Gasteiger partial charge in [0, 0.05) is 6.20 Å². The predicted octanol–water partition coefficient (Wildman–Crippen LogP) is 0.0962. The van der Waals surface area contributed by atoms with E-state index >= 15 is 0 Å². The number of likely N-dealkylation sites (N-methyl/N-ethyl adjacent to an activating group) is 1. The van der Waals surface area contributed by atoms with E-state index in [4.69, 9.17) is 10.8 Å². The smallest absolute Gasteiger partial charge is 0.322 e. The fraction of sp³-hybridized carbons (Fsp3) is 0.400. The van der Waals surface area contributed by atoms with Crippen molar-refractivity contribution in [1.82, 2.24) is 9.88 Å². The lowest BCUT2D eigenvalue weighted by atomic mass is 10.0. The molecule has 0 amide bonds. The number of aliphatic carboxylic acids is 1. The van der Waals surface area contributed by atoms with E-state index in [1.165, 1.54) is 0 Å². The summed E-state index contributed by atoms with van der Waals surface area (Å²) in [6.07, 6.45) is 1.63. The quantitative estimate of drug-likeness (QED) is 0.735. The topological polar surface area (TPSA) is 79.5 Å². The minimum atomic E-state index is -1.03. The number of pyridine rings is 1. The minimum Gasteiger partial charge on any atom is -0.480 e. The molecule has 0 fully saturated rings. The van der Waals surface area contributed by atoms with E-state index < -0.39 is 18.1 Å². The average Bonchev–Trinajstić information content (AvgIpc) is 2.18. The van der Waals surface area contributed by atoms with Crippen LogP contribution in [0, 0.1) is 0 Å². The van der Waals surface area contributed by atoms with Crippen molar-refractivity contribution in [1.29, 1.82) is 0 Å². The summed E-state index contributed by atoms with van der Waals surface area (Å²) in [5.41, 5.74) is 6.28. The van der Waals surface area contributed by atoms with Crippen LogP contribution in [0.5, 0.6) is 0 Å². The van der Waals surface area contributed by atoms with Gasteiger partial charge in [-0.25, -0.2) is 0 Å². The molecule has 1 rings (SSSR count). The Morgan fingerprint density at radius 3 is 2.60 bits per heavy atom. The summed E-state index contributed by atoms with van der Waals surface area (Å²) in [5, 5.41) is 8.88. The molecule has 2 unspecified atom stereocenters. The maximum absolute atomic E-state index is 10.8. The molecule has 1 heterocycles. The Morgan fingerprint density at radius 2 is 2.20 bits per heavy atom. The van der Waals surface area contributed by atoms with Gasteiger partial charge in [0.25, 0.3) is 0 Å². The van der Waals surface area contributed by atoms with Crippen LogP contribution in [-0.4, -0.2) is 41.1 Å². The Bertz CT molecular complexity index is 327. The van der Waals surface area contributed by atoms with Crippen LogP contribution in [0.3, 0.4) is 0 Å². The number of nitrogens with zero attached hydrogens (tertiary/aromatic N) is 2. The molecule has 82 valence electrons. The van der Waals surface area contributed by atoms with E-state index in [1.807, 2.05) is 6.07 Å². The summed E-state index contributed by atoms with van der Waals surface area (Å²) >= 11 is 0. The highest BCUT2D eigenvalue weighted by Gasteiger charge is 2.28. The maximum atomic E-state index is 10.8. The number of aromatic nitrogens is 1. The first-order valence-corrected chi connectivity index (χ1v) is 4.59. The molecule has 0 aliphatic rings. The van der Waals surface area contributed by atoms with E-state index in [9.17, 15) is 4.79 Å². The molecule has 2 atom stereocenters. The lowest BCUT2D eigenvalue weighted by Gasteiger charge is -2.26. The Labute approximate surface area is 88.5 Å². The molecule has 0 saturated heterocycles. The van der Waals surface area contributed by atoms with Gasteiger partial charge in [-0.2, -0.15) is 0 Å². The van der Waals surface area contributed by atoms with Gasteiger partial charge in [0.05, 0.1) is 11.7 Å². The first-order valence-electron chi connectivity index (χ1n) is 4.59. The van der Waals surface area contributed by atoms with Gasteiger partial charge < -0.3 is 10.8 Å². The second-order valence-electron chi connectivity index (χ2n) is 3.53. The summed E-state index contributed by atoms with van der Waals surface area (Å²) in [6, 6.07) is 3.97. The molecule has 5 heteroatoms. The molecule has 1 aromatic heterocycles. The zero-order valence-electron chi connectivity index (χ0n) is 8.79. The third-order valence-corrected chi connectivity index (χ3v) is 2.17. The number of hydrogen-bond acceptors (Lipinski definition) is 4. The van der Waals surface area contributed by atoms with Gasteiger partial charge in [0.2, 0.25) is 0 Å². The van der Waals surface area contributed by atoms with Crippen LogP contribution >= 0.6 is 0 Å². The number of rotatable bonds is 4. The van der Waals surface area contributed by atoms with Crippen LogP contribution in [-0.2, 0) is 4.79 Å². The van der Waals surface area contributed by atoms with Crippen LogP contribution in [0.15, 0.2) is 24.4 Å². The van der Waals surface area contributed by atoms with Crippen LogP contribution in [0.25, 0.3) is 0 Å². The number of carboxylic acids is 1. The normalized spacial score (nSPS) is 14.9. The van der Waals surface area contributed by atoms with Gasteiger partial charge in [0.1, 0.15) is 6.04 Å². The lowest BCUT2D eigenvalue weighted by molar-refractivity contribution is -0.140. The highest BCUT2D eigenvalue weighted by Crippen LogP contribution is 2.18. The predicted molar refractivity (Wildman–Crippen MR) is 56.3 cm³/mol. The van der Waals surface area contributed by atoms with Gasteiger partial charge in [-0.15, -0.1) is 0 Å². The molecule has 1 aromatic rings. The first kappa shape index (κ1) is 11.6. The Hall–Kier alpha value is -1.46. The molecule has 3 N–H and O–H groups in total. The Morgan fingerprint density at radius 1 is 1.53 bits per heavy atom. The molecular formula is C10H15N3O2. The molecule has 0 aromatic carbocycles. The van der Waals surface area contributed by atoms with Gasteiger partial charge in [-0.05, 0) is 26.2 Å². The fourth-order valence-corrected chi connectivity index (χ4v) is 1.46. The summed E-state index contributed by atoms with van der Waals surface area (Å²) in [5.74, 6) is -1.03. The number of carboxylic acid groups (broad SMARTS) is 1. The number of hydrogen-bond donors (Lipinski definition) is 2. The minimum absolute atomic E-state index is 0.413. The summed E-state index contributed by atoms with van der Waals surface area (Å²) < 4.78 is 0. The summed E-state index contributed by atoms with van der Waals surface area (Å²) in [7, 11) is 3.56. The van der Waals surface area contributed by atoms with Crippen molar-refractivity contribution < 1.29 is 9.90 Å². The molecule has 5 nitrogen and oxygen atoms in total. The Kier molecular flexibility index (Phi) is 3.76. The molecular weight excluding hydrogens is 194 g/mol. The largest absolute Gasteiger partial charge is 0.480 e. The highest BCUT2D eigenvalue weighted by atomic mass is 16.4. The van der Waals surface area contributed by atoms with Crippen molar-refractivity contribution in [3.63, 3.8) is 0 Å². The Balaban J connectivity index is 2.99. The van der Waals surface area contributed by atoms with Crippen LogP contribution < -0.4 is 5.73 Å². The van der Waals surface area contributed by atoms with Crippen LogP contribution in [0.4, 0.5) is 0 Å². The van der Waals surface area contributed by atoms with E-state index in [2.05, 4.69) is 4.98 Å². The van der Waals surface area contributed by atoms with Gasteiger partial charge in [0.15, 0.2) is 0 Å². The lowest BCUT2D eigenvalue weighted by Crippen LogP contribution is -2.43. The van der Waals surface area contributed by atoms with Gasteiger partial charge in [-0.1, -0.05) is 6.07 Å². The third kappa shape index (κ3) is 2.74. The standard InChI is InChI=1S/C10H15N3O2/c1-13(2)9(8(11)10(14)15)7-5-3-4-6-12-7/h3-6,8-9H,11H2,1-2H3,(H,14,15). The maximum Gasteiger partial charge on any atom is 0.322 e. The van der Waals surface area contributed by atoms with E-state index in [0.29, 0.717) is 5.69 Å². The summed E-state index contributed by atoms with van der Waals surface area (Å²) in [4.78, 5) is 16.7. The molecule has 0 aliphatic carbocycles. The molecule has 0 aliphatic heterocycles. The third-order valence-electron chi connectivity index (χ3n) is 2.17. The zero-order chi connectivity index (χ0) is 11.4. The van der Waals surface area contributed by atoms with E-state index in [1.54, 1.807) is 37.3 Å². The second-order valence-corrected chi connectivity index (χ2v) is 3.53. The number of carbonyl (C=O) groups is 1. The first-order chi connectivity index (χ1) is 7.04. The van der Waals surface area contributed by atoms with E-state index in [0.717, 1.165) is 0 Å². The van der Waals surface area contributed by atoms with E-state index in [-0.39, 0.29) is 0 Å². The highest BCUT2D eigenvalue weighted by molar-refractivity contribution is 5.74. The monoisotopic (exact) mass is 209 g/mol. The van der Waals surface area contributed by atoms with Gasteiger partial charge >= 0.3 is 5.97 Å². The molecule has 0 radical (unpaired) electrons. The van der Waals surface area contributed by atoms with Crippen LogP contribution in [0.2, 0.25) is 0 Å². The zero-order valence-corrected chi connectivity index (χ0v) is 8.79. The van der Waals surface area contributed by atoms with Crippen molar-refractivity contribution in [2.75, 3.05) is 14.1 Å². The van der Waals surface area contributed by atoms with Crippen molar-refractivity contribution in [3.8, 4) is 0 Å². The summed E-state index contributed by atoms with van der Waals surface area (Å²) in [6.45, 7) is 0.